The predicted octanol–water partition coefficient (Wildman–Crippen LogP) is 1.24. The Morgan fingerprint density at radius 2 is 2.33 bits per heavy atom. The molecule has 1 aromatic heterocycles. The molecule has 0 radical (unpaired) electrons. The van der Waals surface area contributed by atoms with Gasteiger partial charge in [0.1, 0.15) is 0 Å². The molecular weight excluding hydrogens is 190 g/mol. The van der Waals surface area contributed by atoms with Crippen LogP contribution in [0.2, 0.25) is 0 Å². The van der Waals surface area contributed by atoms with Crippen LogP contribution in [0.4, 0.5) is 0 Å². The molecule has 0 bridgehead atoms. The van der Waals surface area contributed by atoms with Crippen molar-refractivity contribution in [1.82, 2.24) is 15.1 Å². The minimum atomic E-state index is 0.375. The first-order chi connectivity index (χ1) is 7.13. The van der Waals surface area contributed by atoms with Gasteiger partial charge in [-0.2, -0.15) is 5.10 Å². The molecule has 86 valence electrons. The molecule has 1 aromatic rings. The number of hydrogen-bond acceptors (Lipinski definition) is 3. The lowest BCUT2D eigenvalue weighted by atomic mass is 10.3. The van der Waals surface area contributed by atoms with Gasteiger partial charge >= 0.3 is 0 Å². The smallest absolute Gasteiger partial charge is 0.0616 e. The summed E-state index contributed by atoms with van der Waals surface area (Å²) in [5.41, 5.74) is 2.27. The molecule has 0 saturated carbocycles. The third kappa shape index (κ3) is 4.01. The molecule has 1 unspecified atom stereocenters. The number of ether oxygens (including phenoxy) is 1. The lowest BCUT2D eigenvalue weighted by molar-refractivity contribution is 0.127. The van der Waals surface area contributed by atoms with Gasteiger partial charge in [0, 0.05) is 26.2 Å². The van der Waals surface area contributed by atoms with Crippen LogP contribution in [0.5, 0.6) is 0 Å². The summed E-state index contributed by atoms with van der Waals surface area (Å²) in [7, 11) is 1.97. The number of aromatic nitrogens is 2. The summed E-state index contributed by atoms with van der Waals surface area (Å²) in [5, 5.41) is 7.70. The van der Waals surface area contributed by atoms with Crippen LogP contribution in [0, 0.1) is 6.92 Å². The van der Waals surface area contributed by atoms with Crippen molar-refractivity contribution in [3.8, 4) is 0 Å². The molecule has 0 saturated heterocycles. The van der Waals surface area contributed by atoms with E-state index in [1.54, 1.807) is 0 Å². The highest BCUT2D eigenvalue weighted by Crippen LogP contribution is 2.01. The van der Waals surface area contributed by atoms with Crippen LogP contribution >= 0.6 is 0 Å². The van der Waals surface area contributed by atoms with Crippen LogP contribution in [0.25, 0.3) is 0 Å². The Morgan fingerprint density at radius 3 is 2.87 bits per heavy atom. The van der Waals surface area contributed by atoms with Crippen molar-refractivity contribution in [2.45, 2.75) is 33.4 Å². The Labute approximate surface area is 91.6 Å². The second kappa shape index (κ2) is 5.88. The molecule has 0 fully saturated rings. The van der Waals surface area contributed by atoms with Gasteiger partial charge in [-0.1, -0.05) is 0 Å². The van der Waals surface area contributed by atoms with E-state index >= 15 is 0 Å². The van der Waals surface area contributed by atoms with Crippen molar-refractivity contribution < 1.29 is 4.74 Å². The first-order valence-electron chi connectivity index (χ1n) is 5.44. The second-order valence-corrected chi connectivity index (χ2v) is 3.84. The van der Waals surface area contributed by atoms with E-state index in [0.29, 0.717) is 6.04 Å². The molecule has 15 heavy (non-hydrogen) atoms. The Morgan fingerprint density at radius 1 is 1.60 bits per heavy atom. The van der Waals surface area contributed by atoms with Crippen molar-refractivity contribution >= 4 is 0 Å². The molecule has 4 heteroatoms. The molecule has 0 aliphatic heterocycles. The first kappa shape index (κ1) is 12.2. The summed E-state index contributed by atoms with van der Waals surface area (Å²) in [5.74, 6) is 0. The molecule has 1 atom stereocenters. The second-order valence-electron chi connectivity index (χ2n) is 3.84. The van der Waals surface area contributed by atoms with Gasteiger partial charge in [0.25, 0.3) is 0 Å². The van der Waals surface area contributed by atoms with Crippen LogP contribution in [0.3, 0.4) is 0 Å². The Hall–Kier alpha value is -0.870. The average molecular weight is 211 g/mol. The summed E-state index contributed by atoms with van der Waals surface area (Å²) in [6.45, 7) is 8.51. The number of nitrogens with one attached hydrogen (secondary N) is 1. The first-order valence-corrected chi connectivity index (χ1v) is 5.44. The fraction of sp³-hybridized carbons (Fsp3) is 0.727. The molecule has 0 aliphatic rings. The van der Waals surface area contributed by atoms with Gasteiger partial charge in [0.15, 0.2) is 0 Å². The Bertz CT molecular complexity index is 296. The van der Waals surface area contributed by atoms with Crippen molar-refractivity contribution in [2.24, 2.45) is 7.05 Å². The molecule has 0 aromatic carbocycles. The van der Waals surface area contributed by atoms with Crippen LogP contribution in [0.1, 0.15) is 25.2 Å². The highest BCUT2D eigenvalue weighted by Gasteiger charge is 2.04. The van der Waals surface area contributed by atoms with Gasteiger partial charge in [-0.05, 0) is 26.8 Å². The van der Waals surface area contributed by atoms with E-state index in [1.807, 2.05) is 25.6 Å². The van der Waals surface area contributed by atoms with Crippen LogP contribution < -0.4 is 5.32 Å². The fourth-order valence-corrected chi connectivity index (χ4v) is 1.46. The van der Waals surface area contributed by atoms with E-state index in [-0.39, 0.29) is 0 Å². The third-order valence-corrected chi connectivity index (χ3v) is 2.30. The van der Waals surface area contributed by atoms with Crippen LogP contribution in [-0.2, 0) is 18.3 Å². The lowest BCUT2D eigenvalue weighted by Gasteiger charge is -2.13. The maximum atomic E-state index is 5.33. The summed E-state index contributed by atoms with van der Waals surface area (Å²) >= 11 is 0. The SMILES string of the molecule is CCOCC(C)NCc1cc(C)nn1C. The summed E-state index contributed by atoms with van der Waals surface area (Å²) in [4.78, 5) is 0. The van der Waals surface area contributed by atoms with Crippen molar-refractivity contribution in [1.29, 1.82) is 0 Å². The van der Waals surface area contributed by atoms with E-state index in [9.17, 15) is 0 Å². The van der Waals surface area contributed by atoms with Gasteiger partial charge in [-0.25, -0.2) is 0 Å². The summed E-state index contributed by atoms with van der Waals surface area (Å²) < 4.78 is 7.25. The normalized spacial score (nSPS) is 13.1. The number of hydrogen-bond donors (Lipinski definition) is 1. The molecule has 1 rings (SSSR count). The van der Waals surface area contributed by atoms with E-state index in [2.05, 4.69) is 23.4 Å². The van der Waals surface area contributed by atoms with E-state index < -0.39 is 0 Å². The summed E-state index contributed by atoms with van der Waals surface area (Å²) in [6, 6.07) is 2.47. The summed E-state index contributed by atoms with van der Waals surface area (Å²) in [6.07, 6.45) is 0. The molecule has 0 aliphatic carbocycles. The molecular formula is C11H21N3O. The minimum absolute atomic E-state index is 0.375. The Kier molecular flexibility index (Phi) is 4.78. The molecule has 4 nitrogen and oxygen atoms in total. The number of rotatable bonds is 6. The van der Waals surface area contributed by atoms with Crippen molar-refractivity contribution in [3.63, 3.8) is 0 Å². The maximum absolute atomic E-state index is 5.33. The molecule has 1 N–H and O–H groups in total. The molecule has 0 amide bonds. The Balaban J connectivity index is 2.33. The van der Waals surface area contributed by atoms with Crippen LogP contribution in [-0.4, -0.2) is 29.0 Å². The zero-order valence-corrected chi connectivity index (χ0v) is 10.1. The van der Waals surface area contributed by atoms with Crippen LogP contribution in [0.15, 0.2) is 6.07 Å². The van der Waals surface area contributed by atoms with Gasteiger partial charge in [0.2, 0.25) is 0 Å². The lowest BCUT2D eigenvalue weighted by Crippen LogP contribution is -2.30. The molecule has 0 spiro atoms. The van der Waals surface area contributed by atoms with Gasteiger partial charge in [-0.15, -0.1) is 0 Å². The van der Waals surface area contributed by atoms with Crippen molar-refractivity contribution in [3.05, 3.63) is 17.5 Å². The van der Waals surface area contributed by atoms with Crippen molar-refractivity contribution in [2.75, 3.05) is 13.2 Å². The van der Waals surface area contributed by atoms with Gasteiger partial charge < -0.3 is 10.1 Å². The standard InChI is InChI=1S/C11H21N3O/c1-5-15-8-10(3)12-7-11-6-9(2)13-14(11)4/h6,10,12H,5,7-8H2,1-4H3. The van der Waals surface area contributed by atoms with E-state index in [4.69, 9.17) is 4.74 Å². The topological polar surface area (TPSA) is 39.1 Å². The maximum Gasteiger partial charge on any atom is 0.0616 e. The highest BCUT2D eigenvalue weighted by molar-refractivity contribution is 5.08. The quantitative estimate of drug-likeness (QED) is 0.769. The van der Waals surface area contributed by atoms with Gasteiger partial charge in [-0.3, -0.25) is 4.68 Å². The minimum Gasteiger partial charge on any atom is -0.380 e. The predicted molar refractivity (Wildman–Crippen MR) is 60.7 cm³/mol. The highest BCUT2D eigenvalue weighted by atomic mass is 16.5. The zero-order chi connectivity index (χ0) is 11.3. The number of nitrogens with zero attached hydrogens (tertiary/aromatic N) is 2. The fourth-order valence-electron chi connectivity index (χ4n) is 1.46. The monoisotopic (exact) mass is 211 g/mol. The largest absolute Gasteiger partial charge is 0.380 e. The molecule has 1 heterocycles. The number of aryl methyl sites for hydroxylation is 2. The van der Waals surface area contributed by atoms with E-state index in [1.165, 1.54) is 5.69 Å². The average Bonchev–Trinajstić information content (AvgIpc) is 2.51. The zero-order valence-electron chi connectivity index (χ0n) is 10.1. The van der Waals surface area contributed by atoms with Gasteiger partial charge in [0.05, 0.1) is 18.0 Å². The van der Waals surface area contributed by atoms with E-state index in [0.717, 1.165) is 25.5 Å². The third-order valence-electron chi connectivity index (χ3n) is 2.30.